The average Bonchev–Trinajstić information content (AvgIpc) is 2.70. The van der Waals surface area contributed by atoms with Gasteiger partial charge in [-0.25, -0.2) is 0 Å². The van der Waals surface area contributed by atoms with Crippen molar-refractivity contribution in [3.8, 4) is 17.9 Å². The summed E-state index contributed by atoms with van der Waals surface area (Å²) in [4.78, 5) is 5.86. The summed E-state index contributed by atoms with van der Waals surface area (Å²) in [5, 5.41) is 8.79. The Labute approximate surface area is 157 Å². The Morgan fingerprint density at radius 1 is 1.23 bits per heavy atom. The van der Waals surface area contributed by atoms with Crippen LogP contribution in [0.5, 0.6) is 0 Å². The number of ether oxygens (including phenoxy) is 1. The molecule has 1 unspecified atom stereocenters. The van der Waals surface area contributed by atoms with E-state index >= 15 is 0 Å². The number of pyridine rings is 1. The summed E-state index contributed by atoms with van der Waals surface area (Å²) in [6.45, 7) is 2.54. The lowest BCUT2D eigenvalue weighted by atomic mass is 9.85. The van der Waals surface area contributed by atoms with Gasteiger partial charge in [0.05, 0.1) is 25.6 Å². The molecule has 138 valence electrons. The summed E-state index contributed by atoms with van der Waals surface area (Å²) >= 11 is 0. The number of nitrogens with zero attached hydrogens (tertiary/aromatic N) is 2. The maximum Gasteiger partial charge on any atom is 0.139 e. The molecule has 1 saturated heterocycles. The fraction of sp³-hybridized carbons (Fsp3) is 0.636. The molecule has 1 aliphatic heterocycles. The lowest BCUT2D eigenvalue weighted by Crippen LogP contribution is -3.13. The van der Waals surface area contributed by atoms with Crippen molar-refractivity contribution in [2.24, 2.45) is 0 Å². The van der Waals surface area contributed by atoms with E-state index in [4.69, 9.17) is 10.00 Å². The molecule has 0 radical (unpaired) electrons. The molecule has 2 aliphatic rings. The van der Waals surface area contributed by atoms with Crippen LogP contribution in [0.25, 0.3) is 0 Å². The summed E-state index contributed by atoms with van der Waals surface area (Å²) in [6.07, 6.45) is 13.7. The van der Waals surface area contributed by atoms with Gasteiger partial charge in [-0.3, -0.25) is 4.98 Å². The SMILES string of the molecule is N#CCCOC1(C#CC[NH+]2CCCC[C@@H]2c2cccnc2)CCCCC1. The van der Waals surface area contributed by atoms with Crippen molar-refractivity contribution in [1.82, 2.24) is 4.98 Å². The van der Waals surface area contributed by atoms with Crippen LogP contribution in [0.3, 0.4) is 0 Å². The van der Waals surface area contributed by atoms with E-state index in [-0.39, 0.29) is 5.60 Å². The lowest BCUT2D eigenvalue weighted by molar-refractivity contribution is -0.930. The predicted octanol–water partition coefficient (Wildman–Crippen LogP) is 2.83. The number of rotatable bonds is 5. The van der Waals surface area contributed by atoms with Crippen LogP contribution in [0.2, 0.25) is 0 Å². The number of nitrogens with one attached hydrogen (secondary N) is 1. The second-order valence-corrected chi connectivity index (χ2v) is 7.53. The van der Waals surface area contributed by atoms with Gasteiger partial charge in [-0.05, 0) is 50.5 Å². The Balaban J connectivity index is 1.66. The molecule has 4 nitrogen and oxygen atoms in total. The molecule has 1 aliphatic carbocycles. The van der Waals surface area contributed by atoms with Crippen molar-refractivity contribution in [3.63, 3.8) is 0 Å². The van der Waals surface area contributed by atoms with Gasteiger partial charge in [0, 0.05) is 24.4 Å². The highest BCUT2D eigenvalue weighted by molar-refractivity contribution is 5.16. The van der Waals surface area contributed by atoms with E-state index in [9.17, 15) is 0 Å². The monoisotopic (exact) mass is 352 g/mol. The van der Waals surface area contributed by atoms with E-state index < -0.39 is 0 Å². The van der Waals surface area contributed by atoms with Crippen molar-refractivity contribution < 1.29 is 9.64 Å². The molecule has 26 heavy (non-hydrogen) atoms. The molecule has 0 bridgehead atoms. The Hall–Kier alpha value is -1.88. The van der Waals surface area contributed by atoms with Gasteiger partial charge in [-0.2, -0.15) is 5.26 Å². The largest absolute Gasteiger partial charge is 0.361 e. The summed E-state index contributed by atoms with van der Waals surface area (Å²) in [6, 6.07) is 6.91. The van der Waals surface area contributed by atoms with Gasteiger partial charge >= 0.3 is 0 Å². The lowest BCUT2D eigenvalue weighted by Gasteiger charge is -2.33. The molecule has 1 saturated carbocycles. The zero-order valence-electron chi connectivity index (χ0n) is 15.7. The molecule has 4 heteroatoms. The Kier molecular flexibility index (Phi) is 7.06. The minimum atomic E-state index is -0.311. The van der Waals surface area contributed by atoms with Crippen molar-refractivity contribution in [3.05, 3.63) is 30.1 Å². The third-order valence-electron chi connectivity index (χ3n) is 5.71. The summed E-state index contributed by atoms with van der Waals surface area (Å²) in [5.41, 5.74) is 1.02. The van der Waals surface area contributed by atoms with Gasteiger partial charge in [-0.1, -0.05) is 18.4 Å². The number of hydrogen-bond acceptors (Lipinski definition) is 3. The molecule has 0 aromatic carbocycles. The number of quaternary nitrogens is 1. The highest BCUT2D eigenvalue weighted by atomic mass is 16.5. The van der Waals surface area contributed by atoms with Crippen LogP contribution in [0.4, 0.5) is 0 Å². The molecule has 3 rings (SSSR count). The minimum Gasteiger partial charge on any atom is -0.361 e. The van der Waals surface area contributed by atoms with Crippen LogP contribution >= 0.6 is 0 Å². The molecular weight excluding hydrogens is 322 g/mol. The van der Waals surface area contributed by atoms with Crippen molar-refractivity contribution in [1.29, 1.82) is 5.26 Å². The number of hydrogen-bond donors (Lipinski definition) is 1. The molecule has 2 atom stereocenters. The van der Waals surface area contributed by atoms with Crippen LogP contribution in [0, 0.1) is 23.2 Å². The second kappa shape index (κ2) is 9.72. The molecule has 2 fully saturated rings. The number of likely N-dealkylation sites (tertiary alicyclic amines) is 1. The first-order chi connectivity index (χ1) is 12.8. The van der Waals surface area contributed by atoms with E-state index in [2.05, 4.69) is 29.0 Å². The van der Waals surface area contributed by atoms with E-state index in [1.165, 1.54) is 50.6 Å². The maximum atomic E-state index is 8.79. The second-order valence-electron chi connectivity index (χ2n) is 7.53. The Morgan fingerprint density at radius 2 is 2.12 bits per heavy atom. The normalized spacial score (nSPS) is 24.9. The summed E-state index contributed by atoms with van der Waals surface area (Å²) < 4.78 is 6.10. The first-order valence-corrected chi connectivity index (χ1v) is 10.1. The Morgan fingerprint density at radius 3 is 2.88 bits per heavy atom. The van der Waals surface area contributed by atoms with Gasteiger partial charge in [-0.15, -0.1) is 0 Å². The molecule has 1 aromatic rings. The van der Waals surface area contributed by atoms with Crippen LogP contribution in [0.1, 0.15) is 69.4 Å². The quantitative estimate of drug-likeness (QED) is 0.655. The third-order valence-corrected chi connectivity index (χ3v) is 5.71. The van der Waals surface area contributed by atoms with Crippen LogP contribution in [0.15, 0.2) is 24.5 Å². The van der Waals surface area contributed by atoms with Crippen molar-refractivity contribution in [2.45, 2.75) is 69.4 Å². The fourth-order valence-electron chi connectivity index (χ4n) is 4.31. The third kappa shape index (κ3) is 5.07. The van der Waals surface area contributed by atoms with Gasteiger partial charge < -0.3 is 9.64 Å². The number of nitriles is 1. The highest BCUT2D eigenvalue weighted by Crippen LogP contribution is 2.31. The zero-order chi connectivity index (χ0) is 18.1. The predicted molar refractivity (Wildman–Crippen MR) is 101 cm³/mol. The topological polar surface area (TPSA) is 50.3 Å². The van der Waals surface area contributed by atoms with E-state index in [0.717, 1.165) is 19.4 Å². The van der Waals surface area contributed by atoms with E-state index in [0.29, 0.717) is 19.1 Å². The van der Waals surface area contributed by atoms with E-state index in [1.807, 2.05) is 18.5 Å². The number of piperidine rings is 1. The molecule has 2 heterocycles. The van der Waals surface area contributed by atoms with E-state index in [1.54, 1.807) is 4.90 Å². The van der Waals surface area contributed by atoms with Crippen LogP contribution in [-0.2, 0) is 4.74 Å². The first kappa shape index (κ1) is 18.9. The molecule has 1 aromatic heterocycles. The van der Waals surface area contributed by atoms with Gasteiger partial charge in [0.2, 0.25) is 0 Å². The molecular formula is C22H30N3O+. The Bertz CT molecular complexity index is 649. The van der Waals surface area contributed by atoms with Gasteiger partial charge in [0.25, 0.3) is 0 Å². The highest BCUT2D eigenvalue weighted by Gasteiger charge is 2.31. The first-order valence-electron chi connectivity index (χ1n) is 10.1. The van der Waals surface area contributed by atoms with Crippen LogP contribution < -0.4 is 4.90 Å². The van der Waals surface area contributed by atoms with Crippen LogP contribution in [-0.4, -0.2) is 30.3 Å². The molecule has 0 amide bonds. The van der Waals surface area contributed by atoms with Crippen molar-refractivity contribution >= 4 is 0 Å². The maximum absolute atomic E-state index is 8.79. The smallest absolute Gasteiger partial charge is 0.139 e. The van der Waals surface area contributed by atoms with Crippen molar-refractivity contribution in [2.75, 3.05) is 19.7 Å². The number of aromatic nitrogens is 1. The average molecular weight is 353 g/mol. The van der Waals surface area contributed by atoms with Gasteiger partial charge in [0.1, 0.15) is 18.2 Å². The molecule has 1 N–H and O–H groups in total. The summed E-state index contributed by atoms with van der Waals surface area (Å²) in [7, 11) is 0. The minimum absolute atomic E-state index is 0.311. The molecule has 0 spiro atoms. The fourth-order valence-corrected chi connectivity index (χ4v) is 4.31. The van der Waals surface area contributed by atoms with Gasteiger partial charge in [0.15, 0.2) is 0 Å². The zero-order valence-corrected chi connectivity index (χ0v) is 15.7. The summed E-state index contributed by atoms with van der Waals surface area (Å²) in [5.74, 6) is 6.97. The standard InChI is InChI=1S/C22H29N3O/c23-14-8-18-26-22(11-3-1-4-12-22)13-7-17-25-16-5-2-10-21(25)20-9-6-15-24-19-20/h6,9,15,19,21H,1-5,8,10-12,16-18H2/p+1/t21-/m1/s1.